The van der Waals surface area contributed by atoms with E-state index in [2.05, 4.69) is 16.7 Å². The Hall–Kier alpha value is -0.690. The summed E-state index contributed by atoms with van der Waals surface area (Å²) in [5.74, 6) is -0.724. The zero-order valence-corrected chi connectivity index (χ0v) is 14.2. The van der Waals surface area contributed by atoms with Gasteiger partial charge < -0.3 is 14.6 Å². The van der Waals surface area contributed by atoms with Crippen LogP contribution in [0.3, 0.4) is 0 Å². The third kappa shape index (κ3) is 3.87. The van der Waals surface area contributed by atoms with Crippen molar-refractivity contribution in [1.29, 1.82) is 0 Å². The van der Waals surface area contributed by atoms with Crippen LogP contribution in [0.25, 0.3) is 0 Å². The Morgan fingerprint density at radius 2 is 2.17 bits per heavy atom. The molecule has 0 saturated carbocycles. The number of carboxylic acids is 1. The third-order valence-corrected chi connectivity index (χ3v) is 5.44. The van der Waals surface area contributed by atoms with Crippen LogP contribution in [0.2, 0.25) is 0 Å². The van der Waals surface area contributed by atoms with E-state index in [0.717, 1.165) is 65.0 Å². The lowest BCUT2D eigenvalue weighted by Gasteiger charge is -2.41. The average Bonchev–Trinajstić information content (AvgIpc) is 3.10. The van der Waals surface area contributed by atoms with Gasteiger partial charge in [0.05, 0.1) is 25.4 Å². The van der Waals surface area contributed by atoms with E-state index in [1.165, 1.54) is 0 Å². The molecule has 3 fully saturated rings. The van der Waals surface area contributed by atoms with Crippen LogP contribution >= 0.6 is 0 Å². The van der Waals surface area contributed by atoms with Crippen molar-refractivity contribution in [1.82, 2.24) is 9.80 Å². The molecule has 3 atom stereocenters. The van der Waals surface area contributed by atoms with Crippen molar-refractivity contribution >= 4 is 5.97 Å². The fourth-order valence-corrected chi connectivity index (χ4v) is 4.20. The van der Waals surface area contributed by atoms with Crippen LogP contribution in [-0.4, -0.2) is 84.6 Å². The van der Waals surface area contributed by atoms with Gasteiger partial charge in [-0.15, -0.1) is 0 Å². The van der Waals surface area contributed by atoms with Crippen LogP contribution in [0, 0.1) is 0 Å². The maximum atomic E-state index is 11.9. The summed E-state index contributed by atoms with van der Waals surface area (Å²) < 4.78 is 11.1. The molecule has 0 radical (unpaired) electrons. The number of carbonyl (C=O) groups is 1. The predicted octanol–water partition coefficient (Wildman–Crippen LogP) is 1.19. The first-order valence-corrected chi connectivity index (χ1v) is 9.12. The van der Waals surface area contributed by atoms with E-state index in [4.69, 9.17) is 9.47 Å². The number of likely N-dealkylation sites (tertiary alicyclic amines) is 1. The molecule has 1 N–H and O–H groups in total. The lowest BCUT2D eigenvalue weighted by molar-refractivity contribution is -0.149. The van der Waals surface area contributed by atoms with Gasteiger partial charge in [0.2, 0.25) is 0 Å². The Balaban J connectivity index is 1.66. The predicted molar refractivity (Wildman–Crippen MR) is 86.6 cm³/mol. The molecule has 3 aliphatic rings. The highest BCUT2D eigenvalue weighted by Gasteiger charge is 2.42. The first-order valence-electron chi connectivity index (χ1n) is 9.12. The number of hydrogen-bond acceptors (Lipinski definition) is 5. The van der Waals surface area contributed by atoms with Gasteiger partial charge in [0.15, 0.2) is 0 Å². The molecule has 132 valence electrons. The van der Waals surface area contributed by atoms with Gasteiger partial charge in [-0.25, -0.2) is 0 Å². The topological polar surface area (TPSA) is 62.2 Å². The second-order valence-corrected chi connectivity index (χ2v) is 7.05. The number of hydrogen-bond donors (Lipinski definition) is 1. The maximum Gasteiger partial charge on any atom is 0.323 e. The Morgan fingerprint density at radius 3 is 2.74 bits per heavy atom. The molecule has 3 rings (SSSR count). The zero-order chi connectivity index (χ0) is 16.2. The van der Waals surface area contributed by atoms with Crippen LogP contribution in [0.5, 0.6) is 0 Å². The van der Waals surface area contributed by atoms with E-state index < -0.39 is 12.0 Å². The summed E-state index contributed by atoms with van der Waals surface area (Å²) in [4.78, 5) is 16.6. The van der Waals surface area contributed by atoms with Crippen molar-refractivity contribution in [2.24, 2.45) is 0 Å². The summed E-state index contributed by atoms with van der Waals surface area (Å²) in [5.41, 5.74) is 0. The molecule has 6 nitrogen and oxygen atoms in total. The molecule has 3 aliphatic heterocycles. The summed E-state index contributed by atoms with van der Waals surface area (Å²) in [6.07, 6.45) is 5.01. The van der Waals surface area contributed by atoms with E-state index in [0.29, 0.717) is 18.7 Å². The van der Waals surface area contributed by atoms with Crippen molar-refractivity contribution in [2.45, 2.75) is 63.3 Å². The summed E-state index contributed by atoms with van der Waals surface area (Å²) >= 11 is 0. The average molecular weight is 326 g/mol. The monoisotopic (exact) mass is 326 g/mol. The molecule has 3 heterocycles. The highest BCUT2D eigenvalue weighted by molar-refractivity contribution is 5.74. The maximum absolute atomic E-state index is 11.9. The van der Waals surface area contributed by atoms with E-state index in [1.807, 2.05) is 0 Å². The van der Waals surface area contributed by atoms with Crippen molar-refractivity contribution in [3.63, 3.8) is 0 Å². The van der Waals surface area contributed by atoms with E-state index in [-0.39, 0.29) is 6.10 Å². The zero-order valence-electron chi connectivity index (χ0n) is 14.2. The first-order chi connectivity index (χ1) is 11.2. The molecule has 0 bridgehead atoms. The van der Waals surface area contributed by atoms with Crippen LogP contribution in [0.1, 0.15) is 39.0 Å². The minimum absolute atomic E-state index is 0.139. The number of carboxylic acid groups (broad SMARTS) is 1. The molecule has 0 aliphatic carbocycles. The Kier molecular flexibility index (Phi) is 5.91. The fraction of sp³-hybridized carbons (Fsp3) is 0.941. The van der Waals surface area contributed by atoms with Gasteiger partial charge in [0.25, 0.3) is 0 Å². The molecule has 3 saturated heterocycles. The van der Waals surface area contributed by atoms with Gasteiger partial charge in [-0.3, -0.25) is 14.6 Å². The fourth-order valence-electron chi connectivity index (χ4n) is 4.20. The largest absolute Gasteiger partial charge is 0.480 e. The normalized spacial score (nSPS) is 30.7. The van der Waals surface area contributed by atoms with Gasteiger partial charge in [0.1, 0.15) is 6.04 Å². The first kappa shape index (κ1) is 17.1. The number of rotatable bonds is 8. The molecule has 0 aromatic carbocycles. The molecule has 0 aromatic heterocycles. The van der Waals surface area contributed by atoms with Crippen molar-refractivity contribution < 1.29 is 19.4 Å². The van der Waals surface area contributed by atoms with E-state index in [9.17, 15) is 9.90 Å². The second-order valence-electron chi connectivity index (χ2n) is 7.05. The third-order valence-electron chi connectivity index (χ3n) is 5.44. The smallest absolute Gasteiger partial charge is 0.323 e. The van der Waals surface area contributed by atoms with Crippen molar-refractivity contribution in [3.05, 3.63) is 0 Å². The van der Waals surface area contributed by atoms with Gasteiger partial charge in [0, 0.05) is 19.2 Å². The summed E-state index contributed by atoms with van der Waals surface area (Å²) in [6.45, 7) is 7.44. The highest BCUT2D eigenvalue weighted by Crippen LogP contribution is 2.28. The summed E-state index contributed by atoms with van der Waals surface area (Å²) in [6, 6.07) is 0.363. The molecule has 0 amide bonds. The van der Waals surface area contributed by atoms with Crippen molar-refractivity contribution in [2.75, 3.05) is 39.5 Å². The summed E-state index contributed by atoms with van der Waals surface area (Å²) in [7, 11) is 0. The van der Waals surface area contributed by atoms with Crippen molar-refractivity contribution in [3.8, 4) is 0 Å². The van der Waals surface area contributed by atoms with Crippen LogP contribution < -0.4 is 0 Å². The number of ether oxygens (including phenoxy) is 2. The molecule has 0 spiro atoms. The highest BCUT2D eigenvalue weighted by atomic mass is 16.5. The minimum atomic E-state index is -0.724. The van der Waals surface area contributed by atoms with Crippen LogP contribution in [0.15, 0.2) is 0 Å². The van der Waals surface area contributed by atoms with Gasteiger partial charge in [-0.1, -0.05) is 6.92 Å². The Bertz CT molecular complexity index is 396. The quantitative estimate of drug-likeness (QED) is 0.723. The SMILES string of the molecule is CCCN(CC1CCCN1C(C(=O)O)C1CCCO1)C1COC1. The molecular formula is C17H30N2O4. The van der Waals surface area contributed by atoms with Crippen LogP contribution in [-0.2, 0) is 14.3 Å². The van der Waals surface area contributed by atoms with Gasteiger partial charge >= 0.3 is 5.97 Å². The molecular weight excluding hydrogens is 296 g/mol. The van der Waals surface area contributed by atoms with E-state index in [1.54, 1.807) is 0 Å². The lowest BCUT2D eigenvalue weighted by atomic mass is 10.0. The molecule has 23 heavy (non-hydrogen) atoms. The minimum Gasteiger partial charge on any atom is -0.480 e. The van der Waals surface area contributed by atoms with Gasteiger partial charge in [-0.2, -0.15) is 0 Å². The molecule has 0 aromatic rings. The molecule has 3 unspecified atom stereocenters. The second kappa shape index (κ2) is 7.92. The number of aliphatic carboxylic acids is 1. The standard InChI is InChI=1S/C17H30N2O4/c1-2-7-18(14-11-22-12-14)10-13-5-3-8-19(13)16(17(20)21)15-6-4-9-23-15/h13-16H,2-12H2,1H3,(H,20,21). The Labute approximate surface area is 138 Å². The van der Waals surface area contributed by atoms with Gasteiger partial charge in [-0.05, 0) is 45.2 Å². The lowest BCUT2D eigenvalue weighted by Crippen LogP contribution is -2.57. The van der Waals surface area contributed by atoms with Crippen LogP contribution in [0.4, 0.5) is 0 Å². The number of nitrogens with zero attached hydrogens (tertiary/aromatic N) is 2. The van der Waals surface area contributed by atoms with E-state index >= 15 is 0 Å². The Morgan fingerprint density at radius 1 is 1.35 bits per heavy atom. The summed E-state index contributed by atoms with van der Waals surface area (Å²) in [5, 5.41) is 9.76. The molecule has 6 heteroatoms.